The van der Waals surface area contributed by atoms with E-state index < -0.39 is 0 Å². The summed E-state index contributed by atoms with van der Waals surface area (Å²) in [6, 6.07) is 0. The quantitative estimate of drug-likeness (QED) is 0.836. The Bertz CT molecular complexity index is 316. The molecule has 2 bridgehead atoms. The molecule has 19 heavy (non-hydrogen) atoms. The van der Waals surface area contributed by atoms with Crippen molar-refractivity contribution in [2.75, 3.05) is 13.2 Å². The standard InChI is InChI=1S/C17H31NO/c1-16(2,3)18-12-17(11-15-5-4-8-19-15)10-13-6-7-14(17)9-13/h13-15,18H,4-12H2,1-3H3. The van der Waals surface area contributed by atoms with Crippen molar-refractivity contribution < 1.29 is 4.74 Å². The van der Waals surface area contributed by atoms with E-state index in [4.69, 9.17) is 4.74 Å². The Morgan fingerprint density at radius 3 is 2.58 bits per heavy atom. The van der Waals surface area contributed by atoms with E-state index in [1.807, 2.05) is 0 Å². The lowest BCUT2D eigenvalue weighted by Crippen LogP contribution is -2.47. The fourth-order valence-electron chi connectivity index (χ4n) is 4.80. The summed E-state index contributed by atoms with van der Waals surface area (Å²) < 4.78 is 5.95. The van der Waals surface area contributed by atoms with Crippen molar-refractivity contribution in [2.45, 2.75) is 77.4 Å². The van der Waals surface area contributed by atoms with Crippen LogP contribution in [0.2, 0.25) is 0 Å². The molecule has 1 saturated heterocycles. The minimum atomic E-state index is 0.241. The molecule has 0 aromatic carbocycles. The van der Waals surface area contributed by atoms with Crippen LogP contribution in [-0.4, -0.2) is 24.8 Å². The van der Waals surface area contributed by atoms with Crippen LogP contribution in [0.1, 0.15) is 65.7 Å². The molecule has 0 spiro atoms. The van der Waals surface area contributed by atoms with Gasteiger partial charge in [-0.1, -0.05) is 6.42 Å². The first kappa shape index (κ1) is 13.9. The zero-order valence-corrected chi connectivity index (χ0v) is 13.0. The molecule has 4 unspecified atom stereocenters. The molecule has 0 radical (unpaired) electrons. The lowest BCUT2D eigenvalue weighted by molar-refractivity contribution is 0.0306. The van der Waals surface area contributed by atoms with E-state index in [2.05, 4.69) is 26.1 Å². The van der Waals surface area contributed by atoms with Gasteiger partial charge in [-0.3, -0.25) is 0 Å². The Morgan fingerprint density at radius 1 is 1.21 bits per heavy atom. The molecular weight excluding hydrogens is 234 g/mol. The van der Waals surface area contributed by atoms with E-state index in [9.17, 15) is 0 Å². The van der Waals surface area contributed by atoms with E-state index in [0.29, 0.717) is 11.5 Å². The van der Waals surface area contributed by atoms with Crippen molar-refractivity contribution in [3.63, 3.8) is 0 Å². The Kier molecular flexibility index (Phi) is 3.68. The highest BCUT2D eigenvalue weighted by Crippen LogP contribution is 2.58. The molecule has 2 nitrogen and oxygen atoms in total. The maximum Gasteiger partial charge on any atom is 0.0581 e. The van der Waals surface area contributed by atoms with Gasteiger partial charge in [0.1, 0.15) is 0 Å². The number of hydrogen-bond donors (Lipinski definition) is 1. The summed E-state index contributed by atoms with van der Waals surface area (Å²) in [6.07, 6.45) is 10.4. The second-order valence-corrected chi connectivity index (χ2v) is 8.39. The van der Waals surface area contributed by atoms with E-state index in [1.54, 1.807) is 0 Å². The largest absolute Gasteiger partial charge is 0.378 e. The second-order valence-electron chi connectivity index (χ2n) is 8.39. The van der Waals surface area contributed by atoms with Crippen LogP contribution in [-0.2, 0) is 4.74 Å². The van der Waals surface area contributed by atoms with Crippen LogP contribution in [0.3, 0.4) is 0 Å². The van der Waals surface area contributed by atoms with Gasteiger partial charge in [0.15, 0.2) is 0 Å². The smallest absolute Gasteiger partial charge is 0.0581 e. The van der Waals surface area contributed by atoms with E-state index in [0.717, 1.165) is 18.4 Å². The predicted octanol–water partition coefficient (Wildman–Crippen LogP) is 3.75. The molecule has 2 aliphatic carbocycles. The van der Waals surface area contributed by atoms with Crippen molar-refractivity contribution in [2.24, 2.45) is 17.3 Å². The first-order chi connectivity index (χ1) is 8.97. The van der Waals surface area contributed by atoms with Gasteiger partial charge in [-0.05, 0) is 76.5 Å². The van der Waals surface area contributed by atoms with Gasteiger partial charge in [0, 0.05) is 18.7 Å². The fraction of sp³-hybridized carbons (Fsp3) is 1.00. The van der Waals surface area contributed by atoms with E-state index in [-0.39, 0.29) is 5.54 Å². The van der Waals surface area contributed by atoms with Crippen LogP contribution in [0, 0.1) is 17.3 Å². The molecule has 1 N–H and O–H groups in total. The summed E-state index contributed by atoms with van der Waals surface area (Å²) in [5, 5.41) is 3.81. The monoisotopic (exact) mass is 265 g/mol. The highest BCUT2D eigenvalue weighted by molar-refractivity contribution is 5.03. The van der Waals surface area contributed by atoms with Gasteiger partial charge in [0.25, 0.3) is 0 Å². The first-order valence-corrected chi connectivity index (χ1v) is 8.34. The molecule has 0 amide bonds. The topological polar surface area (TPSA) is 21.3 Å². The molecule has 3 fully saturated rings. The third kappa shape index (κ3) is 3.00. The predicted molar refractivity (Wildman–Crippen MR) is 79.2 cm³/mol. The third-order valence-electron chi connectivity index (χ3n) is 5.73. The van der Waals surface area contributed by atoms with Crippen LogP contribution in [0.5, 0.6) is 0 Å². The molecular formula is C17H31NO. The van der Waals surface area contributed by atoms with Crippen LogP contribution in [0.15, 0.2) is 0 Å². The molecule has 2 heteroatoms. The lowest BCUT2D eigenvalue weighted by Gasteiger charge is -2.41. The maximum absolute atomic E-state index is 5.95. The minimum absolute atomic E-state index is 0.241. The number of fused-ring (bicyclic) bond motifs is 2. The number of nitrogens with one attached hydrogen (secondary N) is 1. The molecule has 1 aliphatic heterocycles. The average Bonchev–Trinajstić information content (AvgIpc) is 3.01. The lowest BCUT2D eigenvalue weighted by atomic mass is 9.69. The molecule has 110 valence electrons. The summed E-state index contributed by atoms with van der Waals surface area (Å²) in [6.45, 7) is 9.08. The van der Waals surface area contributed by atoms with Crippen molar-refractivity contribution in [1.29, 1.82) is 0 Å². The highest BCUT2D eigenvalue weighted by atomic mass is 16.5. The maximum atomic E-state index is 5.95. The molecule has 3 rings (SSSR count). The van der Waals surface area contributed by atoms with Gasteiger partial charge in [-0.2, -0.15) is 0 Å². The highest BCUT2D eigenvalue weighted by Gasteiger charge is 2.51. The van der Waals surface area contributed by atoms with Crippen LogP contribution < -0.4 is 5.32 Å². The summed E-state index contributed by atoms with van der Waals surface area (Å²) in [7, 11) is 0. The van der Waals surface area contributed by atoms with Crippen molar-refractivity contribution in [3.8, 4) is 0 Å². The average molecular weight is 265 g/mol. The van der Waals surface area contributed by atoms with Crippen LogP contribution in [0.25, 0.3) is 0 Å². The molecule has 0 aromatic rings. The number of hydrogen-bond acceptors (Lipinski definition) is 2. The summed E-state index contributed by atoms with van der Waals surface area (Å²) >= 11 is 0. The summed E-state index contributed by atoms with van der Waals surface area (Å²) in [5.74, 6) is 1.99. The Balaban J connectivity index is 1.68. The Hall–Kier alpha value is -0.0800. The zero-order valence-electron chi connectivity index (χ0n) is 13.0. The third-order valence-corrected chi connectivity index (χ3v) is 5.73. The summed E-state index contributed by atoms with van der Waals surface area (Å²) in [4.78, 5) is 0. The van der Waals surface area contributed by atoms with Crippen molar-refractivity contribution in [3.05, 3.63) is 0 Å². The molecule has 4 atom stereocenters. The van der Waals surface area contributed by atoms with Crippen molar-refractivity contribution >= 4 is 0 Å². The molecule has 3 aliphatic rings. The minimum Gasteiger partial charge on any atom is -0.378 e. The second kappa shape index (κ2) is 5.04. The van der Waals surface area contributed by atoms with Gasteiger partial charge in [-0.15, -0.1) is 0 Å². The number of rotatable bonds is 4. The van der Waals surface area contributed by atoms with Gasteiger partial charge < -0.3 is 10.1 Å². The normalized spacial score (nSPS) is 42.2. The van der Waals surface area contributed by atoms with Crippen molar-refractivity contribution in [1.82, 2.24) is 5.32 Å². The van der Waals surface area contributed by atoms with Gasteiger partial charge in [0.05, 0.1) is 6.10 Å². The van der Waals surface area contributed by atoms with Crippen LogP contribution >= 0.6 is 0 Å². The van der Waals surface area contributed by atoms with E-state index >= 15 is 0 Å². The van der Waals surface area contributed by atoms with Gasteiger partial charge >= 0.3 is 0 Å². The molecule has 0 aromatic heterocycles. The van der Waals surface area contributed by atoms with Gasteiger partial charge in [-0.25, -0.2) is 0 Å². The summed E-state index contributed by atoms with van der Waals surface area (Å²) in [5.41, 5.74) is 0.788. The SMILES string of the molecule is CC(C)(C)NCC1(CC2CCCO2)CC2CCC1C2. The Morgan fingerprint density at radius 2 is 2.05 bits per heavy atom. The Labute approximate surface area is 118 Å². The molecule has 2 saturated carbocycles. The fourth-order valence-corrected chi connectivity index (χ4v) is 4.80. The van der Waals surface area contributed by atoms with Gasteiger partial charge in [0.2, 0.25) is 0 Å². The molecule has 1 heterocycles. The zero-order chi connectivity index (χ0) is 13.5. The number of ether oxygens (including phenoxy) is 1. The first-order valence-electron chi connectivity index (χ1n) is 8.34. The van der Waals surface area contributed by atoms with E-state index in [1.165, 1.54) is 51.5 Å². The van der Waals surface area contributed by atoms with Crippen LogP contribution in [0.4, 0.5) is 0 Å².